The van der Waals surface area contributed by atoms with Crippen LogP contribution in [0.3, 0.4) is 0 Å². The van der Waals surface area contributed by atoms with E-state index in [2.05, 4.69) is 39.8 Å². The van der Waals surface area contributed by atoms with Gasteiger partial charge in [0.15, 0.2) is 0 Å². The van der Waals surface area contributed by atoms with Crippen molar-refractivity contribution >= 4 is 59.8 Å². The fourth-order valence-corrected chi connectivity index (χ4v) is 12.5. The fraction of sp³-hybridized carbons (Fsp3) is 0.769. The Morgan fingerprint density at radius 1 is 0.433 bits per heavy atom. The molecule has 0 heterocycles. The van der Waals surface area contributed by atoms with Gasteiger partial charge >= 0.3 is 216 Å². The van der Waals surface area contributed by atoms with E-state index >= 15 is 0 Å². The van der Waals surface area contributed by atoms with Crippen LogP contribution in [0.25, 0.3) is 0 Å². The Bertz CT molecular complexity index is 440. The fourth-order valence-electron chi connectivity index (χ4n) is 3.04. The van der Waals surface area contributed by atoms with E-state index in [1.807, 2.05) is 0 Å². The molecule has 0 nitrogen and oxygen atoms in total. The molecule has 4 heteroatoms. The summed E-state index contributed by atoms with van der Waals surface area (Å²) in [5, 5.41) is 11.5. The summed E-state index contributed by atoms with van der Waals surface area (Å²) < 4.78 is 0. The third-order valence-electron chi connectivity index (χ3n) is 5.12. The molecule has 0 unspecified atom stereocenters. The van der Waals surface area contributed by atoms with Crippen molar-refractivity contribution in [3.05, 3.63) is 34.4 Å². The van der Waals surface area contributed by atoms with Crippen molar-refractivity contribution in [2.75, 3.05) is 0 Å². The first-order valence-electron chi connectivity index (χ1n) is 12.2. The van der Waals surface area contributed by atoms with Crippen molar-refractivity contribution in [3.8, 4) is 0 Å². The van der Waals surface area contributed by atoms with Gasteiger partial charge in [-0.05, 0) is 0 Å². The molecular weight excluding hydrogens is 628 g/mol. The van der Waals surface area contributed by atoms with E-state index in [-0.39, 0.29) is 0 Å². The average molecular weight is 674 g/mol. The van der Waals surface area contributed by atoms with Crippen LogP contribution in [0.2, 0.25) is 21.3 Å². The first kappa shape index (κ1) is 29.3. The Hall–Kier alpha value is 1.30. The van der Waals surface area contributed by atoms with Gasteiger partial charge in [-0.2, -0.15) is 0 Å². The molecule has 0 spiro atoms. The summed E-state index contributed by atoms with van der Waals surface area (Å²) in [5.41, 5.74) is 7.04. The third-order valence-corrected chi connectivity index (χ3v) is 14.3. The quantitative estimate of drug-likeness (QED) is 0.100. The molecule has 0 aromatic heterocycles. The topological polar surface area (TPSA) is 0 Å². The van der Waals surface area contributed by atoms with Gasteiger partial charge in [0.1, 0.15) is 0 Å². The molecule has 0 radical (unpaired) electrons. The van der Waals surface area contributed by atoms with Crippen molar-refractivity contribution in [2.45, 2.75) is 122 Å². The molecule has 0 aliphatic heterocycles. The van der Waals surface area contributed by atoms with Crippen LogP contribution in [0.1, 0.15) is 101 Å². The van der Waals surface area contributed by atoms with E-state index in [4.69, 9.17) is 0 Å². The molecule has 0 saturated heterocycles. The summed E-state index contributed by atoms with van der Waals surface area (Å²) in [7, 11) is 0. The van der Waals surface area contributed by atoms with Gasteiger partial charge < -0.3 is 0 Å². The second-order valence-corrected chi connectivity index (χ2v) is 17.3. The van der Waals surface area contributed by atoms with Crippen molar-refractivity contribution < 1.29 is 0 Å². The van der Waals surface area contributed by atoms with Crippen LogP contribution >= 0.6 is 0 Å². The Morgan fingerprint density at radius 3 is 0.867 bits per heavy atom. The number of unbranched alkanes of at least 4 members (excludes halogenated alkanes) is 4. The molecule has 0 amide bonds. The number of hydrogen-bond donors (Lipinski definition) is 0. The summed E-state index contributed by atoms with van der Waals surface area (Å²) in [4.78, 5) is 0. The van der Waals surface area contributed by atoms with Crippen molar-refractivity contribution in [2.24, 2.45) is 0 Å². The minimum absolute atomic E-state index is 0.804. The SMILES string of the molecule is CCCC[Se]Cc1cc(C[Se]CCCC)c(C[Se]CCCC)cc1C[Se]CCCC. The van der Waals surface area contributed by atoms with E-state index in [0.717, 1.165) is 59.8 Å². The predicted octanol–water partition coefficient (Wildman–Crippen LogP) is 7.38. The molecule has 0 saturated carbocycles. The minimum atomic E-state index is 0.804. The molecule has 0 aliphatic carbocycles. The Morgan fingerprint density at radius 2 is 0.667 bits per heavy atom. The standard InChI is InChI=1S/C26H46Se4/c1-5-9-13-27-19-23-17-25(21-29-15-11-7-3)26(22-30-16-12-8-4)18-24(23)20-28-14-10-6-2/h17-18H,5-16,19-22H2,1-4H3. The monoisotopic (exact) mass is 678 g/mol. The van der Waals surface area contributed by atoms with Crippen LogP contribution in [0.15, 0.2) is 12.1 Å². The van der Waals surface area contributed by atoms with Gasteiger partial charge in [0.25, 0.3) is 0 Å². The maximum absolute atomic E-state index is 2.72. The maximum atomic E-state index is 2.72. The summed E-state index contributed by atoms with van der Waals surface area (Å²) in [6.45, 7) is 9.35. The second-order valence-electron chi connectivity index (χ2n) is 8.01. The Balaban J connectivity index is 2.93. The number of rotatable bonds is 20. The van der Waals surface area contributed by atoms with Crippen molar-refractivity contribution in [1.82, 2.24) is 0 Å². The zero-order chi connectivity index (χ0) is 21.9. The van der Waals surface area contributed by atoms with Gasteiger partial charge in [-0.15, -0.1) is 0 Å². The van der Waals surface area contributed by atoms with Gasteiger partial charge in [0, 0.05) is 0 Å². The molecule has 1 aromatic carbocycles. The van der Waals surface area contributed by atoms with E-state index in [1.54, 1.807) is 22.3 Å². The molecule has 0 fully saturated rings. The molecular formula is C26H46Se4. The van der Waals surface area contributed by atoms with E-state index in [9.17, 15) is 0 Å². The Kier molecular flexibility index (Phi) is 20.4. The van der Waals surface area contributed by atoms with Gasteiger partial charge in [0.05, 0.1) is 0 Å². The van der Waals surface area contributed by atoms with Crippen LogP contribution < -0.4 is 0 Å². The summed E-state index contributed by atoms with van der Waals surface area (Å²) in [6, 6.07) is 5.44. The molecule has 174 valence electrons. The predicted molar refractivity (Wildman–Crippen MR) is 143 cm³/mol. The zero-order valence-corrected chi connectivity index (χ0v) is 27.0. The van der Waals surface area contributed by atoms with Gasteiger partial charge in [0.2, 0.25) is 0 Å². The summed E-state index contributed by atoms with van der Waals surface area (Å²) >= 11 is 3.22. The first-order valence-corrected chi connectivity index (χ1v) is 21.9. The van der Waals surface area contributed by atoms with E-state index < -0.39 is 0 Å². The van der Waals surface area contributed by atoms with Crippen LogP contribution in [-0.2, 0) is 21.3 Å². The van der Waals surface area contributed by atoms with Crippen LogP contribution in [-0.4, -0.2) is 59.8 Å². The third kappa shape index (κ3) is 13.8. The molecule has 0 bridgehead atoms. The van der Waals surface area contributed by atoms with Crippen molar-refractivity contribution in [1.29, 1.82) is 0 Å². The first-order chi connectivity index (χ1) is 14.8. The number of hydrogen-bond acceptors (Lipinski definition) is 0. The van der Waals surface area contributed by atoms with Crippen molar-refractivity contribution in [3.63, 3.8) is 0 Å². The second kappa shape index (κ2) is 20.9. The normalized spacial score (nSPS) is 11.3. The molecule has 1 rings (SSSR count). The van der Waals surface area contributed by atoms with Crippen LogP contribution in [0.5, 0.6) is 0 Å². The zero-order valence-electron chi connectivity index (χ0n) is 20.1. The van der Waals surface area contributed by atoms with Gasteiger partial charge in [-0.3, -0.25) is 0 Å². The molecule has 30 heavy (non-hydrogen) atoms. The Labute approximate surface area is 214 Å². The van der Waals surface area contributed by atoms with E-state index in [1.165, 1.54) is 93.9 Å². The average Bonchev–Trinajstić information content (AvgIpc) is 2.76. The van der Waals surface area contributed by atoms with Crippen LogP contribution in [0, 0.1) is 0 Å². The molecule has 0 atom stereocenters. The van der Waals surface area contributed by atoms with Crippen LogP contribution in [0.4, 0.5) is 0 Å². The van der Waals surface area contributed by atoms with Gasteiger partial charge in [-0.1, -0.05) is 0 Å². The molecule has 0 aliphatic rings. The van der Waals surface area contributed by atoms with E-state index in [0.29, 0.717) is 0 Å². The number of benzene rings is 1. The summed E-state index contributed by atoms with van der Waals surface area (Å²) in [6.07, 6.45) is 11.2. The summed E-state index contributed by atoms with van der Waals surface area (Å²) in [5.74, 6) is 0. The molecule has 1 aromatic rings. The molecule has 0 N–H and O–H groups in total. The van der Waals surface area contributed by atoms with Gasteiger partial charge in [-0.25, -0.2) is 0 Å².